The molecule has 1 unspecified atom stereocenters. The van der Waals surface area contributed by atoms with E-state index in [2.05, 4.69) is 15.3 Å². The van der Waals surface area contributed by atoms with Gasteiger partial charge in [-0.25, -0.2) is 4.98 Å². The van der Waals surface area contributed by atoms with Crippen LogP contribution in [0.1, 0.15) is 6.42 Å². The van der Waals surface area contributed by atoms with Crippen molar-refractivity contribution in [1.82, 2.24) is 14.5 Å². The Morgan fingerprint density at radius 2 is 2.39 bits per heavy atom. The number of ether oxygens (including phenoxy) is 1. The minimum Gasteiger partial charge on any atom is -0.379 e. The summed E-state index contributed by atoms with van der Waals surface area (Å²) >= 11 is 0. The molecule has 18 heavy (non-hydrogen) atoms. The minimum absolute atomic E-state index is 0.0728. The Morgan fingerprint density at radius 1 is 1.50 bits per heavy atom. The number of aryl methyl sites for hydroxylation is 1. The summed E-state index contributed by atoms with van der Waals surface area (Å²) in [6.45, 7) is 1.44. The van der Waals surface area contributed by atoms with Crippen LogP contribution in [0.15, 0.2) is 23.1 Å². The van der Waals surface area contributed by atoms with Gasteiger partial charge in [0.2, 0.25) is 5.95 Å². The summed E-state index contributed by atoms with van der Waals surface area (Å²) in [5.41, 5.74) is 0.565. The molecular weight excluding hydrogens is 232 g/mol. The lowest BCUT2D eigenvalue weighted by atomic mass is 10.3. The fraction of sp³-hybridized carbons (Fsp3) is 0.417. The second-order valence-electron chi connectivity index (χ2n) is 4.41. The molecule has 1 aliphatic heterocycles. The lowest BCUT2D eigenvalue weighted by Gasteiger charge is -2.11. The lowest BCUT2D eigenvalue weighted by Crippen LogP contribution is -2.22. The highest BCUT2D eigenvalue weighted by Crippen LogP contribution is 2.13. The Bertz CT molecular complexity index is 632. The molecule has 0 bridgehead atoms. The molecule has 1 saturated heterocycles. The fourth-order valence-electron chi connectivity index (χ4n) is 2.05. The molecule has 1 atom stereocenters. The standard InChI is InChI=1S/C12H14N4O2/c1-16-10(17)3-2-8-6-13-12(15-11(8)16)14-9-4-5-18-7-9/h2-3,6,9H,4-5,7H2,1H3,(H,13,14,15). The monoisotopic (exact) mass is 246 g/mol. The molecule has 0 aliphatic carbocycles. The maximum Gasteiger partial charge on any atom is 0.251 e. The number of pyridine rings is 1. The van der Waals surface area contributed by atoms with Crippen molar-refractivity contribution in [2.24, 2.45) is 7.05 Å². The van der Waals surface area contributed by atoms with Crippen LogP contribution < -0.4 is 10.9 Å². The number of anilines is 1. The average Bonchev–Trinajstić information content (AvgIpc) is 2.87. The third kappa shape index (κ3) is 1.95. The molecule has 0 saturated carbocycles. The van der Waals surface area contributed by atoms with Gasteiger partial charge in [0.25, 0.3) is 5.56 Å². The molecule has 0 amide bonds. The van der Waals surface area contributed by atoms with Crippen LogP contribution in [0.25, 0.3) is 11.0 Å². The second kappa shape index (κ2) is 4.38. The van der Waals surface area contributed by atoms with E-state index in [1.165, 1.54) is 10.6 Å². The molecule has 3 rings (SSSR count). The van der Waals surface area contributed by atoms with Gasteiger partial charge in [0.15, 0.2) is 0 Å². The number of nitrogens with one attached hydrogen (secondary N) is 1. The molecule has 94 valence electrons. The Balaban J connectivity index is 1.99. The van der Waals surface area contributed by atoms with E-state index in [1.807, 2.05) is 0 Å². The van der Waals surface area contributed by atoms with Crippen LogP contribution >= 0.6 is 0 Å². The molecule has 3 heterocycles. The van der Waals surface area contributed by atoms with Gasteiger partial charge in [-0.15, -0.1) is 0 Å². The maximum absolute atomic E-state index is 11.6. The number of rotatable bonds is 2. The van der Waals surface area contributed by atoms with E-state index < -0.39 is 0 Å². The van der Waals surface area contributed by atoms with Crippen molar-refractivity contribution in [1.29, 1.82) is 0 Å². The summed E-state index contributed by atoms with van der Waals surface area (Å²) in [4.78, 5) is 20.2. The van der Waals surface area contributed by atoms with Crippen molar-refractivity contribution in [2.75, 3.05) is 18.5 Å². The molecule has 0 spiro atoms. The van der Waals surface area contributed by atoms with Gasteiger partial charge in [-0.1, -0.05) is 0 Å². The molecule has 2 aromatic heterocycles. The topological polar surface area (TPSA) is 69.0 Å². The highest BCUT2D eigenvalue weighted by atomic mass is 16.5. The predicted octanol–water partition coefficient (Wildman–Crippen LogP) is 0.529. The first-order valence-corrected chi connectivity index (χ1v) is 5.91. The zero-order chi connectivity index (χ0) is 12.5. The van der Waals surface area contributed by atoms with Crippen LogP contribution in [0.2, 0.25) is 0 Å². The SMILES string of the molecule is Cn1c(=O)ccc2cnc(NC3CCOC3)nc21. The van der Waals surface area contributed by atoms with E-state index in [0.717, 1.165) is 18.4 Å². The summed E-state index contributed by atoms with van der Waals surface area (Å²) < 4.78 is 6.81. The van der Waals surface area contributed by atoms with E-state index in [0.29, 0.717) is 18.2 Å². The number of fused-ring (bicyclic) bond motifs is 1. The average molecular weight is 246 g/mol. The van der Waals surface area contributed by atoms with Crippen molar-refractivity contribution in [3.63, 3.8) is 0 Å². The maximum atomic E-state index is 11.6. The van der Waals surface area contributed by atoms with Crippen LogP contribution in [-0.2, 0) is 11.8 Å². The largest absolute Gasteiger partial charge is 0.379 e. The van der Waals surface area contributed by atoms with Gasteiger partial charge in [-0.2, -0.15) is 4.98 Å². The molecule has 1 aliphatic rings. The Labute approximate surface area is 104 Å². The summed E-state index contributed by atoms with van der Waals surface area (Å²) in [5.74, 6) is 0.541. The number of nitrogens with zero attached hydrogens (tertiary/aromatic N) is 3. The number of hydrogen-bond acceptors (Lipinski definition) is 5. The Kier molecular flexibility index (Phi) is 2.71. The van der Waals surface area contributed by atoms with Gasteiger partial charge < -0.3 is 10.1 Å². The Hall–Kier alpha value is -1.95. The van der Waals surface area contributed by atoms with Crippen LogP contribution in [0.5, 0.6) is 0 Å². The third-order valence-corrected chi connectivity index (χ3v) is 3.11. The first-order valence-electron chi connectivity index (χ1n) is 5.91. The first kappa shape index (κ1) is 11.2. The van der Waals surface area contributed by atoms with Crippen molar-refractivity contribution in [3.8, 4) is 0 Å². The summed E-state index contributed by atoms with van der Waals surface area (Å²) in [6, 6.07) is 3.51. The van der Waals surface area contributed by atoms with E-state index in [1.54, 1.807) is 19.3 Å². The smallest absolute Gasteiger partial charge is 0.251 e. The van der Waals surface area contributed by atoms with Gasteiger partial charge in [0.05, 0.1) is 12.6 Å². The zero-order valence-corrected chi connectivity index (χ0v) is 10.1. The molecule has 0 aromatic carbocycles. The van der Waals surface area contributed by atoms with Gasteiger partial charge in [0, 0.05) is 31.3 Å². The summed E-state index contributed by atoms with van der Waals surface area (Å²) in [6.07, 6.45) is 2.68. The van der Waals surface area contributed by atoms with E-state index in [4.69, 9.17) is 4.74 Å². The first-order chi connectivity index (χ1) is 8.74. The van der Waals surface area contributed by atoms with Gasteiger partial charge in [-0.3, -0.25) is 9.36 Å². The van der Waals surface area contributed by atoms with Crippen LogP contribution in [0.4, 0.5) is 5.95 Å². The van der Waals surface area contributed by atoms with Crippen LogP contribution in [0, 0.1) is 0 Å². The summed E-state index contributed by atoms with van der Waals surface area (Å²) in [5, 5.41) is 4.07. The number of aromatic nitrogens is 3. The van der Waals surface area contributed by atoms with Gasteiger partial charge in [0.1, 0.15) is 5.65 Å². The third-order valence-electron chi connectivity index (χ3n) is 3.11. The summed E-state index contributed by atoms with van der Waals surface area (Å²) in [7, 11) is 1.71. The van der Waals surface area contributed by atoms with Crippen LogP contribution in [-0.4, -0.2) is 33.8 Å². The normalized spacial score (nSPS) is 19.3. The van der Waals surface area contributed by atoms with Gasteiger partial charge in [-0.05, 0) is 12.5 Å². The van der Waals surface area contributed by atoms with Crippen molar-refractivity contribution in [2.45, 2.75) is 12.5 Å². The lowest BCUT2D eigenvalue weighted by molar-refractivity contribution is 0.195. The van der Waals surface area contributed by atoms with E-state index in [-0.39, 0.29) is 11.6 Å². The minimum atomic E-state index is -0.0728. The predicted molar refractivity (Wildman–Crippen MR) is 67.6 cm³/mol. The van der Waals surface area contributed by atoms with Crippen molar-refractivity contribution >= 4 is 17.0 Å². The molecule has 0 radical (unpaired) electrons. The second-order valence-corrected chi connectivity index (χ2v) is 4.41. The van der Waals surface area contributed by atoms with E-state index >= 15 is 0 Å². The molecule has 1 fully saturated rings. The van der Waals surface area contributed by atoms with Crippen molar-refractivity contribution in [3.05, 3.63) is 28.7 Å². The zero-order valence-electron chi connectivity index (χ0n) is 10.1. The van der Waals surface area contributed by atoms with E-state index in [9.17, 15) is 4.79 Å². The Morgan fingerprint density at radius 3 is 3.17 bits per heavy atom. The molecule has 1 N–H and O–H groups in total. The van der Waals surface area contributed by atoms with Crippen molar-refractivity contribution < 1.29 is 4.74 Å². The highest BCUT2D eigenvalue weighted by molar-refractivity contribution is 5.74. The molecular formula is C12H14N4O2. The quantitative estimate of drug-likeness (QED) is 0.837. The molecule has 6 nitrogen and oxygen atoms in total. The molecule has 2 aromatic rings. The fourth-order valence-corrected chi connectivity index (χ4v) is 2.05. The van der Waals surface area contributed by atoms with Crippen LogP contribution in [0.3, 0.4) is 0 Å². The molecule has 6 heteroatoms. The number of hydrogen-bond donors (Lipinski definition) is 1. The highest BCUT2D eigenvalue weighted by Gasteiger charge is 2.16. The van der Waals surface area contributed by atoms with Gasteiger partial charge >= 0.3 is 0 Å².